The molecule has 0 aromatic heterocycles. The molecule has 0 saturated heterocycles. The Kier molecular flexibility index (Phi) is 6.64. The maximum Gasteiger partial charge on any atom is 0.320 e. The normalized spacial score (nSPS) is 16.6. The molecule has 0 saturated carbocycles. The summed E-state index contributed by atoms with van der Waals surface area (Å²) in [5, 5.41) is 15.0. The summed E-state index contributed by atoms with van der Waals surface area (Å²) in [6.45, 7) is 6.48. The van der Waals surface area contributed by atoms with E-state index in [0.717, 1.165) is 12.0 Å². The fraction of sp³-hybridized carbons (Fsp3) is 0.556. The number of amides is 1. The molecule has 0 fully saturated rings. The number of aliphatic carboxylic acids is 1. The predicted octanol–water partition coefficient (Wildman–Crippen LogP) is 1.87. The minimum Gasteiger partial charge on any atom is -0.486 e. The van der Waals surface area contributed by atoms with Gasteiger partial charge in [0.25, 0.3) is 0 Å². The molecule has 1 aliphatic rings. The molecule has 7 heteroatoms. The number of carbonyl (C=O) groups excluding carboxylic acids is 1. The first-order valence-electron chi connectivity index (χ1n) is 8.61. The molecule has 138 valence electrons. The molecule has 3 N–H and O–H groups in total. The molecule has 7 nitrogen and oxygen atoms in total. The topological polar surface area (TPSA) is 96.9 Å². The maximum atomic E-state index is 12.4. The van der Waals surface area contributed by atoms with Gasteiger partial charge in [0, 0.05) is 0 Å². The van der Waals surface area contributed by atoms with Crippen molar-refractivity contribution in [3.8, 4) is 11.5 Å². The molecule has 0 bridgehead atoms. The van der Waals surface area contributed by atoms with Crippen LogP contribution in [0.1, 0.15) is 45.2 Å². The fourth-order valence-electron chi connectivity index (χ4n) is 2.70. The third kappa shape index (κ3) is 5.09. The first-order valence-corrected chi connectivity index (χ1v) is 8.61. The summed E-state index contributed by atoms with van der Waals surface area (Å²) in [6, 6.07) is 4.00. The zero-order chi connectivity index (χ0) is 18.4. The summed E-state index contributed by atoms with van der Waals surface area (Å²) >= 11 is 0. The van der Waals surface area contributed by atoms with Crippen LogP contribution in [-0.4, -0.2) is 42.3 Å². The second kappa shape index (κ2) is 8.71. The number of nitrogens with one attached hydrogen (secondary N) is 2. The number of carbonyl (C=O) groups is 2. The highest BCUT2D eigenvalue weighted by molar-refractivity contribution is 5.83. The second-order valence-electron chi connectivity index (χ2n) is 6.20. The first-order chi connectivity index (χ1) is 11.9. The Morgan fingerprint density at radius 3 is 2.52 bits per heavy atom. The van der Waals surface area contributed by atoms with Crippen molar-refractivity contribution in [1.82, 2.24) is 10.6 Å². The van der Waals surface area contributed by atoms with E-state index in [4.69, 9.17) is 9.47 Å². The molecule has 1 aromatic carbocycles. The maximum absolute atomic E-state index is 12.4. The van der Waals surface area contributed by atoms with Gasteiger partial charge in [-0.15, -0.1) is 0 Å². The van der Waals surface area contributed by atoms with Gasteiger partial charge in [0.2, 0.25) is 5.91 Å². The number of ether oxygens (including phenoxy) is 2. The summed E-state index contributed by atoms with van der Waals surface area (Å²) in [7, 11) is 0. The molecule has 0 aliphatic carbocycles. The van der Waals surface area contributed by atoms with E-state index in [1.165, 1.54) is 0 Å². The Labute approximate surface area is 147 Å². The van der Waals surface area contributed by atoms with Crippen molar-refractivity contribution in [1.29, 1.82) is 0 Å². The van der Waals surface area contributed by atoms with Crippen LogP contribution in [0.15, 0.2) is 18.2 Å². The quantitative estimate of drug-likeness (QED) is 0.662. The molecule has 0 radical (unpaired) electrons. The summed E-state index contributed by atoms with van der Waals surface area (Å²) in [5.41, 5.74) is 0.896. The average Bonchev–Trinajstić information content (AvgIpc) is 2.60. The van der Waals surface area contributed by atoms with Crippen LogP contribution in [-0.2, 0) is 9.59 Å². The van der Waals surface area contributed by atoms with Crippen LogP contribution in [0.4, 0.5) is 0 Å². The Morgan fingerprint density at radius 1 is 1.20 bits per heavy atom. The summed E-state index contributed by atoms with van der Waals surface area (Å²) in [5.74, 6) is 0.184. The molecule has 3 unspecified atom stereocenters. The monoisotopic (exact) mass is 350 g/mol. The highest BCUT2D eigenvalue weighted by atomic mass is 16.6. The van der Waals surface area contributed by atoms with Crippen molar-refractivity contribution in [2.45, 2.75) is 51.7 Å². The fourth-order valence-corrected chi connectivity index (χ4v) is 2.70. The third-order valence-electron chi connectivity index (χ3n) is 4.14. The van der Waals surface area contributed by atoms with E-state index >= 15 is 0 Å². The van der Waals surface area contributed by atoms with Gasteiger partial charge in [0.15, 0.2) is 11.5 Å². The zero-order valence-electron chi connectivity index (χ0n) is 14.9. The second-order valence-corrected chi connectivity index (χ2v) is 6.20. The van der Waals surface area contributed by atoms with Crippen molar-refractivity contribution < 1.29 is 24.2 Å². The van der Waals surface area contributed by atoms with Crippen LogP contribution in [0, 0.1) is 0 Å². The summed E-state index contributed by atoms with van der Waals surface area (Å²) in [4.78, 5) is 23.6. The molecule has 1 heterocycles. The van der Waals surface area contributed by atoms with Gasteiger partial charge in [0.1, 0.15) is 19.3 Å². The molecule has 1 aliphatic heterocycles. The number of fused-ring (bicyclic) bond motifs is 1. The lowest BCUT2D eigenvalue weighted by Crippen LogP contribution is -2.49. The molecule has 2 rings (SSSR count). The van der Waals surface area contributed by atoms with Crippen molar-refractivity contribution in [3.63, 3.8) is 0 Å². The molecule has 25 heavy (non-hydrogen) atoms. The lowest BCUT2D eigenvalue weighted by Gasteiger charge is -2.23. The highest BCUT2D eigenvalue weighted by Crippen LogP contribution is 2.32. The Balaban J connectivity index is 1.95. The van der Waals surface area contributed by atoms with Crippen LogP contribution < -0.4 is 20.1 Å². The predicted molar refractivity (Wildman–Crippen MR) is 92.9 cm³/mol. The molecule has 0 spiro atoms. The SMILES string of the molecule is CCCC(NC(C)C(=O)NC(C)c1ccc2c(c1)OCCO2)C(=O)O. The Bertz CT molecular complexity index is 619. The molecular weight excluding hydrogens is 324 g/mol. The molecular formula is C18H26N2O5. The van der Waals surface area contributed by atoms with Crippen LogP contribution in [0.3, 0.4) is 0 Å². The highest BCUT2D eigenvalue weighted by Gasteiger charge is 2.23. The van der Waals surface area contributed by atoms with E-state index in [1.54, 1.807) is 6.92 Å². The van der Waals surface area contributed by atoms with E-state index < -0.39 is 18.1 Å². The number of rotatable bonds is 8. The molecule has 1 aromatic rings. The largest absolute Gasteiger partial charge is 0.486 e. The van der Waals surface area contributed by atoms with Gasteiger partial charge in [-0.2, -0.15) is 0 Å². The van der Waals surface area contributed by atoms with Crippen molar-refractivity contribution in [2.24, 2.45) is 0 Å². The Hall–Kier alpha value is -2.28. The number of hydrogen-bond donors (Lipinski definition) is 3. The van der Waals surface area contributed by atoms with E-state index in [2.05, 4.69) is 10.6 Å². The molecule has 3 atom stereocenters. The van der Waals surface area contributed by atoms with Crippen molar-refractivity contribution in [2.75, 3.05) is 13.2 Å². The minimum atomic E-state index is -0.943. The van der Waals surface area contributed by atoms with Gasteiger partial charge >= 0.3 is 5.97 Å². The molecule has 1 amide bonds. The summed E-state index contributed by atoms with van der Waals surface area (Å²) < 4.78 is 11.0. The van der Waals surface area contributed by atoms with Gasteiger partial charge in [-0.05, 0) is 38.0 Å². The number of carboxylic acid groups (broad SMARTS) is 1. The number of hydrogen-bond acceptors (Lipinski definition) is 5. The van der Waals surface area contributed by atoms with Gasteiger partial charge < -0.3 is 19.9 Å². The lowest BCUT2D eigenvalue weighted by molar-refractivity contribution is -0.140. The number of carboxylic acids is 1. The van der Waals surface area contributed by atoms with Crippen LogP contribution >= 0.6 is 0 Å². The van der Waals surface area contributed by atoms with Gasteiger partial charge in [-0.25, -0.2) is 0 Å². The van der Waals surface area contributed by atoms with Crippen molar-refractivity contribution in [3.05, 3.63) is 23.8 Å². The minimum absolute atomic E-state index is 0.234. The van der Waals surface area contributed by atoms with E-state index in [1.807, 2.05) is 32.0 Å². The third-order valence-corrected chi connectivity index (χ3v) is 4.14. The average molecular weight is 350 g/mol. The smallest absolute Gasteiger partial charge is 0.320 e. The Morgan fingerprint density at radius 2 is 1.88 bits per heavy atom. The van der Waals surface area contributed by atoms with Gasteiger partial charge in [-0.3, -0.25) is 14.9 Å². The van der Waals surface area contributed by atoms with E-state index in [9.17, 15) is 14.7 Å². The van der Waals surface area contributed by atoms with Crippen LogP contribution in [0.2, 0.25) is 0 Å². The number of benzene rings is 1. The summed E-state index contributed by atoms with van der Waals surface area (Å²) in [6.07, 6.45) is 1.20. The van der Waals surface area contributed by atoms with Crippen molar-refractivity contribution >= 4 is 11.9 Å². The van der Waals surface area contributed by atoms with Crippen LogP contribution in [0.5, 0.6) is 11.5 Å². The zero-order valence-corrected chi connectivity index (χ0v) is 14.9. The van der Waals surface area contributed by atoms with Gasteiger partial charge in [0.05, 0.1) is 12.1 Å². The van der Waals surface area contributed by atoms with E-state index in [-0.39, 0.29) is 11.9 Å². The van der Waals surface area contributed by atoms with E-state index in [0.29, 0.717) is 31.1 Å². The van der Waals surface area contributed by atoms with Crippen LogP contribution in [0.25, 0.3) is 0 Å². The first kappa shape index (κ1) is 19.1. The lowest BCUT2D eigenvalue weighted by atomic mass is 10.1. The standard InChI is InChI=1S/C18H26N2O5/c1-4-5-14(18(22)23)19-12(3)17(21)20-11(2)13-6-7-15-16(10-13)25-9-8-24-15/h6-7,10-12,14,19H,4-5,8-9H2,1-3H3,(H,20,21)(H,22,23). The van der Waals surface area contributed by atoms with Gasteiger partial charge in [-0.1, -0.05) is 19.4 Å².